The Morgan fingerprint density at radius 1 is 1.12 bits per heavy atom. The van der Waals surface area contributed by atoms with Crippen LogP contribution in [0, 0.1) is 0 Å². The molecule has 1 amide bonds. The first-order valence-corrected chi connectivity index (χ1v) is 8.89. The van der Waals surface area contributed by atoms with E-state index in [1.165, 1.54) is 12.1 Å². The van der Waals surface area contributed by atoms with Gasteiger partial charge in [0.1, 0.15) is 0 Å². The lowest BCUT2D eigenvalue weighted by Crippen LogP contribution is -2.18. The standard InChI is InChI=1S/C18H19F3N2OS/c1-23(2)14-8-9-16(15(10-14)18(19,20)21)22-17(24)13-6-4-12(5-7-13)11-25-3/h4-10H,11H2,1-3H3,(H,22,24). The average Bonchev–Trinajstić information content (AvgIpc) is 2.55. The van der Waals surface area contributed by atoms with Crippen LogP contribution in [0.15, 0.2) is 42.5 Å². The maximum atomic E-state index is 13.3. The number of amides is 1. The molecule has 0 radical (unpaired) electrons. The van der Waals surface area contributed by atoms with Crippen molar-refractivity contribution in [2.45, 2.75) is 11.9 Å². The highest BCUT2D eigenvalue weighted by molar-refractivity contribution is 7.97. The number of benzene rings is 2. The number of hydrogen-bond donors (Lipinski definition) is 1. The number of halogens is 3. The number of hydrogen-bond acceptors (Lipinski definition) is 3. The van der Waals surface area contributed by atoms with Crippen LogP contribution in [0.1, 0.15) is 21.5 Å². The summed E-state index contributed by atoms with van der Waals surface area (Å²) < 4.78 is 39.9. The first-order chi connectivity index (χ1) is 11.7. The summed E-state index contributed by atoms with van der Waals surface area (Å²) in [5, 5.41) is 2.37. The lowest BCUT2D eigenvalue weighted by Gasteiger charge is -2.18. The average molecular weight is 368 g/mol. The van der Waals surface area contributed by atoms with Crippen LogP contribution in [0.2, 0.25) is 0 Å². The normalized spacial score (nSPS) is 11.3. The van der Waals surface area contributed by atoms with Crippen molar-refractivity contribution in [3.63, 3.8) is 0 Å². The molecule has 2 aromatic rings. The Bertz CT molecular complexity index is 743. The molecule has 0 atom stereocenters. The summed E-state index contributed by atoms with van der Waals surface area (Å²) in [5.74, 6) is 0.241. The Labute approximate surface area is 149 Å². The first kappa shape index (κ1) is 19.2. The second-order valence-electron chi connectivity index (χ2n) is 5.71. The van der Waals surface area contributed by atoms with Gasteiger partial charge in [-0.1, -0.05) is 12.1 Å². The Morgan fingerprint density at radius 3 is 2.28 bits per heavy atom. The Balaban J connectivity index is 2.28. The van der Waals surface area contributed by atoms with E-state index in [0.717, 1.165) is 17.4 Å². The van der Waals surface area contributed by atoms with Crippen LogP contribution in [0.25, 0.3) is 0 Å². The summed E-state index contributed by atoms with van der Waals surface area (Å²) in [6.45, 7) is 0. The third-order valence-corrected chi connectivity index (χ3v) is 4.22. The van der Waals surface area contributed by atoms with Crippen LogP contribution in [-0.2, 0) is 11.9 Å². The third kappa shape index (κ3) is 4.92. The van der Waals surface area contributed by atoms with Crippen LogP contribution in [0.3, 0.4) is 0 Å². The minimum atomic E-state index is -4.56. The number of carbonyl (C=O) groups is 1. The lowest BCUT2D eigenvalue weighted by molar-refractivity contribution is -0.136. The maximum absolute atomic E-state index is 13.3. The monoisotopic (exact) mass is 368 g/mol. The molecule has 2 aromatic carbocycles. The van der Waals surface area contributed by atoms with Gasteiger partial charge in [-0.25, -0.2) is 0 Å². The van der Waals surface area contributed by atoms with Crippen molar-refractivity contribution in [3.05, 3.63) is 59.2 Å². The number of alkyl halides is 3. The fourth-order valence-electron chi connectivity index (χ4n) is 2.27. The Hall–Kier alpha value is -2.15. The SMILES string of the molecule is CSCc1ccc(C(=O)Nc2ccc(N(C)C)cc2C(F)(F)F)cc1. The van der Waals surface area contributed by atoms with Crippen LogP contribution < -0.4 is 10.2 Å². The number of rotatable bonds is 5. The van der Waals surface area contributed by atoms with Crippen LogP contribution in [0.5, 0.6) is 0 Å². The Morgan fingerprint density at radius 2 is 1.76 bits per heavy atom. The first-order valence-electron chi connectivity index (χ1n) is 7.50. The highest BCUT2D eigenvalue weighted by Gasteiger charge is 2.34. The van der Waals surface area contributed by atoms with Gasteiger partial charge in [0.15, 0.2) is 0 Å². The zero-order valence-electron chi connectivity index (χ0n) is 14.1. The molecule has 3 nitrogen and oxygen atoms in total. The second kappa shape index (κ2) is 7.82. The van der Waals surface area contributed by atoms with Gasteiger partial charge < -0.3 is 10.2 Å². The van der Waals surface area contributed by atoms with Crippen molar-refractivity contribution in [2.24, 2.45) is 0 Å². The molecule has 0 aliphatic carbocycles. The summed E-state index contributed by atoms with van der Waals surface area (Å²) in [7, 11) is 3.31. The fourth-order valence-corrected chi connectivity index (χ4v) is 2.79. The second-order valence-corrected chi connectivity index (χ2v) is 6.57. The lowest BCUT2D eigenvalue weighted by atomic mass is 10.1. The van der Waals surface area contributed by atoms with Crippen LogP contribution in [0.4, 0.5) is 24.5 Å². The van der Waals surface area contributed by atoms with Crippen LogP contribution in [-0.4, -0.2) is 26.3 Å². The number of nitrogens with zero attached hydrogens (tertiary/aromatic N) is 1. The molecule has 25 heavy (non-hydrogen) atoms. The van der Waals surface area contributed by atoms with Gasteiger partial charge in [0.05, 0.1) is 11.3 Å². The highest BCUT2D eigenvalue weighted by atomic mass is 32.2. The smallest absolute Gasteiger partial charge is 0.378 e. The number of anilines is 2. The summed E-state index contributed by atoms with van der Waals surface area (Å²) in [4.78, 5) is 13.9. The summed E-state index contributed by atoms with van der Waals surface area (Å²) >= 11 is 1.65. The predicted molar refractivity (Wildman–Crippen MR) is 97.4 cm³/mol. The van der Waals surface area contributed by atoms with E-state index in [-0.39, 0.29) is 5.69 Å². The zero-order valence-corrected chi connectivity index (χ0v) is 15.0. The van der Waals surface area contributed by atoms with Crippen molar-refractivity contribution in [3.8, 4) is 0 Å². The molecule has 2 rings (SSSR count). The number of nitrogens with one attached hydrogen (secondary N) is 1. The van der Waals surface area contributed by atoms with Gasteiger partial charge >= 0.3 is 6.18 Å². The van der Waals surface area contributed by atoms with Gasteiger partial charge in [-0.15, -0.1) is 0 Å². The van der Waals surface area contributed by atoms with Gasteiger partial charge in [-0.2, -0.15) is 24.9 Å². The van der Waals surface area contributed by atoms with Crippen molar-refractivity contribution < 1.29 is 18.0 Å². The summed E-state index contributed by atoms with van der Waals surface area (Å²) in [6.07, 6.45) is -2.59. The quantitative estimate of drug-likeness (QED) is 0.816. The molecule has 0 heterocycles. The molecule has 134 valence electrons. The van der Waals surface area contributed by atoms with Crippen molar-refractivity contribution in [1.29, 1.82) is 0 Å². The number of carbonyl (C=O) groups excluding carboxylic acids is 1. The van der Waals surface area contributed by atoms with Gasteiger partial charge in [0.25, 0.3) is 5.91 Å². The maximum Gasteiger partial charge on any atom is 0.418 e. The third-order valence-electron chi connectivity index (χ3n) is 3.60. The molecule has 0 aromatic heterocycles. The summed E-state index contributed by atoms with van der Waals surface area (Å²) in [6, 6.07) is 10.7. The molecule has 0 saturated heterocycles. The van der Waals surface area contributed by atoms with E-state index in [2.05, 4.69) is 5.32 Å². The van der Waals surface area contributed by atoms with Gasteiger partial charge in [0, 0.05) is 31.1 Å². The largest absolute Gasteiger partial charge is 0.418 e. The van der Waals surface area contributed by atoms with Gasteiger partial charge in [-0.05, 0) is 42.2 Å². The molecular formula is C18H19F3N2OS. The van der Waals surface area contributed by atoms with Crippen molar-refractivity contribution in [1.82, 2.24) is 0 Å². The molecule has 0 bridgehead atoms. The minimum Gasteiger partial charge on any atom is -0.378 e. The molecular weight excluding hydrogens is 349 g/mol. The molecule has 7 heteroatoms. The topological polar surface area (TPSA) is 32.3 Å². The van der Waals surface area contributed by atoms with E-state index in [1.807, 2.05) is 6.26 Å². The molecule has 1 N–H and O–H groups in total. The van der Waals surface area contributed by atoms with E-state index >= 15 is 0 Å². The summed E-state index contributed by atoms with van der Waals surface area (Å²) in [5.41, 5.74) is 0.652. The van der Waals surface area contributed by atoms with Gasteiger partial charge in [0.2, 0.25) is 0 Å². The van der Waals surface area contributed by atoms with Crippen molar-refractivity contribution >= 4 is 29.0 Å². The highest BCUT2D eigenvalue weighted by Crippen LogP contribution is 2.37. The van der Waals surface area contributed by atoms with Crippen molar-refractivity contribution in [2.75, 3.05) is 30.6 Å². The Kier molecular flexibility index (Phi) is 6.00. The number of thioether (sulfide) groups is 1. The predicted octanol–water partition coefficient (Wildman–Crippen LogP) is 4.89. The molecule has 0 aliphatic heterocycles. The minimum absolute atomic E-state index is 0.253. The van der Waals surface area contributed by atoms with E-state index in [4.69, 9.17) is 0 Å². The molecule has 0 fully saturated rings. The van der Waals surface area contributed by atoms with Crippen LogP contribution >= 0.6 is 11.8 Å². The molecule has 0 spiro atoms. The molecule has 0 saturated carbocycles. The van der Waals surface area contributed by atoms with E-state index in [9.17, 15) is 18.0 Å². The van der Waals surface area contributed by atoms with E-state index < -0.39 is 17.6 Å². The molecule has 0 unspecified atom stereocenters. The zero-order chi connectivity index (χ0) is 18.6. The van der Waals surface area contributed by atoms with Gasteiger partial charge in [-0.3, -0.25) is 4.79 Å². The molecule has 0 aliphatic rings. The van der Waals surface area contributed by atoms with E-state index in [0.29, 0.717) is 11.3 Å². The van der Waals surface area contributed by atoms with E-state index in [1.54, 1.807) is 55.0 Å². The fraction of sp³-hybridized carbons (Fsp3) is 0.278.